The molecule has 2 aliphatic rings. The average Bonchev–Trinajstić information content (AvgIpc) is 3.49. The number of fused-ring (bicyclic) bond motifs is 1. The molecule has 1 unspecified atom stereocenters. The zero-order valence-corrected chi connectivity index (χ0v) is 17.2. The number of hydrogen-bond donors (Lipinski definition) is 2. The van der Waals surface area contributed by atoms with Crippen LogP contribution in [0.1, 0.15) is 37.3 Å². The van der Waals surface area contributed by atoms with Gasteiger partial charge in [0.1, 0.15) is 12.1 Å². The van der Waals surface area contributed by atoms with Gasteiger partial charge in [-0.05, 0) is 56.1 Å². The Hall–Kier alpha value is -2.10. The summed E-state index contributed by atoms with van der Waals surface area (Å²) < 4.78 is 13.1. The highest BCUT2D eigenvalue weighted by Gasteiger charge is 2.28. The second-order valence-electron chi connectivity index (χ2n) is 6.67. The fourth-order valence-electron chi connectivity index (χ4n) is 3.56. The molecule has 0 amide bonds. The lowest BCUT2D eigenvalue weighted by Gasteiger charge is -2.38. The van der Waals surface area contributed by atoms with Gasteiger partial charge in [-0.2, -0.15) is 9.47 Å². The van der Waals surface area contributed by atoms with E-state index in [0.717, 1.165) is 28.8 Å². The highest BCUT2D eigenvalue weighted by Crippen LogP contribution is 2.39. The first-order chi connectivity index (χ1) is 13.9. The summed E-state index contributed by atoms with van der Waals surface area (Å²) in [6.45, 7) is 3.25. The molecule has 0 spiro atoms. The van der Waals surface area contributed by atoms with Gasteiger partial charge in [0.05, 0.1) is 6.61 Å². The number of aromatic amines is 1. The predicted molar refractivity (Wildman–Crippen MR) is 113 cm³/mol. The monoisotopic (exact) mass is 416 g/mol. The Labute approximate surface area is 173 Å². The molecule has 0 radical (unpaired) electrons. The Bertz CT molecular complexity index is 804. The van der Waals surface area contributed by atoms with Crippen LogP contribution in [-0.4, -0.2) is 44.2 Å². The largest absolute Gasteiger partial charge is 0.493 e. The van der Waals surface area contributed by atoms with Crippen LogP contribution in [0.4, 0.5) is 5.13 Å². The maximum atomic E-state index is 5.93. The van der Waals surface area contributed by atoms with E-state index in [9.17, 15) is 0 Å². The van der Waals surface area contributed by atoms with Crippen LogP contribution < -0.4 is 9.46 Å². The smallest absolute Gasteiger partial charge is 0.212 e. The van der Waals surface area contributed by atoms with Gasteiger partial charge in [-0.25, -0.2) is 4.98 Å². The second kappa shape index (κ2) is 9.90. The normalized spacial score (nSPS) is 19.1. The molecule has 1 fully saturated rings. The third-order valence-electron chi connectivity index (χ3n) is 4.85. The Balaban J connectivity index is 0.000000336. The molecular formula is C19H24N6OS2. The molecule has 1 saturated heterocycles. The van der Waals surface area contributed by atoms with Crippen molar-refractivity contribution >= 4 is 28.6 Å². The number of benzene rings is 1. The van der Waals surface area contributed by atoms with Gasteiger partial charge in [0.15, 0.2) is 0 Å². The first-order valence-corrected chi connectivity index (χ1v) is 11.1. The van der Waals surface area contributed by atoms with Crippen molar-refractivity contribution in [3.05, 3.63) is 48.5 Å². The Kier molecular flexibility index (Phi) is 6.80. The van der Waals surface area contributed by atoms with Crippen molar-refractivity contribution in [2.75, 3.05) is 24.4 Å². The summed E-state index contributed by atoms with van der Waals surface area (Å²) in [5.41, 5.74) is 1.35. The number of piperidine rings is 1. The molecule has 28 heavy (non-hydrogen) atoms. The summed E-state index contributed by atoms with van der Waals surface area (Å²) in [6.07, 6.45) is 10.1. The number of nitrogens with one attached hydrogen (secondary N) is 2. The van der Waals surface area contributed by atoms with Gasteiger partial charge in [-0.3, -0.25) is 10.00 Å². The van der Waals surface area contributed by atoms with E-state index >= 15 is 0 Å². The van der Waals surface area contributed by atoms with Crippen LogP contribution in [0.15, 0.2) is 47.9 Å². The molecule has 5 rings (SSSR count). The third kappa shape index (κ3) is 5.03. The summed E-state index contributed by atoms with van der Waals surface area (Å²) in [4.78, 5) is 7.90. The molecule has 7 nitrogen and oxygen atoms in total. The Morgan fingerprint density at radius 3 is 2.89 bits per heavy atom. The number of nitrogens with zero attached hydrogens (tertiary/aromatic N) is 4. The maximum absolute atomic E-state index is 5.93. The number of likely N-dealkylation sites (tertiary alicyclic amines) is 1. The Morgan fingerprint density at radius 2 is 2.18 bits per heavy atom. The topological polar surface area (TPSA) is 79.0 Å². The highest BCUT2D eigenvalue weighted by atomic mass is 32.2. The van der Waals surface area contributed by atoms with E-state index in [2.05, 4.69) is 47.4 Å². The molecule has 0 bridgehead atoms. The van der Waals surface area contributed by atoms with E-state index in [0.29, 0.717) is 6.04 Å². The molecule has 0 saturated carbocycles. The minimum absolute atomic E-state index is 0.522. The lowest BCUT2D eigenvalue weighted by Crippen LogP contribution is -2.36. The van der Waals surface area contributed by atoms with Gasteiger partial charge in [0.2, 0.25) is 5.13 Å². The summed E-state index contributed by atoms with van der Waals surface area (Å²) in [7, 11) is 0. The number of aromatic nitrogens is 4. The predicted octanol–water partition coefficient (Wildman–Crippen LogP) is 4.38. The van der Waals surface area contributed by atoms with Crippen molar-refractivity contribution in [3.63, 3.8) is 0 Å². The Morgan fingerprint density at radius 1 is 1.25 bits per heavy atom. The third-order valence-corrected chi connectivity index (χ3v) is 6.34. The number of hydrogen-bond acceptors (Lipinski definition) is 8. The molecule has 0 aliphatic carbocycles. The molecule has 2 N–H and O–H groups in total. The fraction of sp³-hybridized carbons (Fsp3) is 0.421. The van der Waals surface area contributed by atoms with Crippen molar-refractivity contribution in [2.45, 2.75) is 36.6 Å². The van der Waals surface area contributed by atoms with Gasteiger partial charge in [-0.1, -0.05) is 12.5 Å². The number of ether oxygens (including phenoxy) is 1. The van der Waals surface area contributed by atoms with Crippen LogP contribution >= 0.6 is 23.5 Å². The maximum Gasteiger partial charge on any atom is 0.212 e. The summed E-state index contributed by atoms with van der Waals surface area (Å²) in [6, 6.07) is 8.90. The van der Waals surface area contributed by atoms with E-state index in [1.54, 1.807) is 30.7 Å². The fourth-order valence-corrected chi connectivity index (χ4v) is 4.68. The van der Waals surface area contributed by atoms with Crippen molar-refractivity contribution < 1.29 is 4.74 Å². The molecule has 3 aromatic rings. The van der Waals surface area contributed by atoms with Crippen molar-refractivity contribution in [1.29, 1.82) is 0 Å². The molecular weight excluding hydrogens is 392 g/mol. The van der Waals surface area contributed by atoms with E-state index < -0.39 is 0 Å². The minimum atomic E-state index is 0.522. The quantitative estimate of drug-likeness (QED) is 0.611. The summed E-state index contributed by atoms with van der Waals surface area (Å²) in [5.74, 6) is 1.04. The zero-order valence-electron chi connectivity index (χ0n) is 15.6. The van der Waals surface area contributed by atoms with Crippen LogP contribution in [0.25, 0.3) is 0 Å². The second-order valence-corrected chi connectivity index (χ2v) is 8.33. The van der Waals surface area contributed by atoms with E-state index in [4.69, 9.17) is 4.74 Å². The molecule has 2 aliphatic heterocycles. The van der Waals surface area contributed by atoms with Crippen LogP contribution in [-0.2, 0) is 0 Å². The lowest BCUT2D eigenvalue weighted by atomic mass is 9.97. The molecule has 1 aromatic carbocycles. The molecule has 4 heterocycles. The van der Waals surface area contributed by atoms with Crippen LogP contribution in [0.2, 0.25) is 0 Å². The van der Waals surface area contributed by atoms with E-state index in [1.807, 2.05) is 6.07 Å². The van der Waals surface area contributed by atoms with Crippen molar-refractivity contribution in [2.24, 2.45) is 0 Å². The lowest BCUT2D eigenvalue weighted by molar-refractivity contribution is 0.119. The first-order valence-electron chi connectivity index (χ1n) is 9.54. The van der Waals surface area contributed by atoms with Crippen LogP contribution in [0.3, 0.4) is 0 Å². The van der Waals surface area contributed by atoms with Crippen LogP contribution in [0, 0.1) is 0 Å². The summed E-state index contributed by atoms with van der Waals surface area (Å²) in [5, 5.41) is 7.03. The summed E-state index contributed by atoms with van der Waals surface area (Å²) >= 11 is 2.91. The average molecular weight is 417 g/mol. The van der Waals surface area contributed by atoms with Gasteiger partial charge < -0.3 is 9.46 Å². The van der Waals surface area contributed by atoms with Crippen molar-refractivity contribution in [1.82, 2.24) is 24.5 Å². The van der Waals surface area contributed by atoms with E-state index in [-0.39, 0.29) is 0 Å². The van der Waals surface area contributed by atoms with Gasteiger partial charge in [0.25, 0.3) is 0 Å². The van der Waals surface area contributed by atoms with Crippen molar-refractivity contribution in [3.8, 4) is 5.75 Å². The van der Waals surface area contributed by atoms with Crippen LogP contribution in [0.5, 0.6) is 5.75 Å². The number of anilines is 1. The van der Waals surface area contributed by atoms with Gasteiger partial charge in [0, 0.05) is 46.8 Å². The molecule has 9 heteroatoms. The first kappa shape index (κ1) is 19.2. The molecule has 148 valence electrons. The van der Waals surface area contributed by atoms with E-state index in [1.165, 1.54) is 49.4 Å². The molecule has 1 atom stereocenters. The molecule has 2 aromatic heterocycles. The standard InChI is InChI=1S/C16H20N4OS2.C3H4N2/c1-2-7-20(8-3-1)14-6-9-21-15-10-12(4-5-13(14)15)22-19-16-17-11-18-23-16;1-2-4-5-3-1/h4-5,10-11,14H,1-3,6-9H2,(H,17,18,19);1-3H,(H,4,5). The number of H-pyrrole nitrogens is 1. The zero-order chi connectivity index (χ0) is 19.0. The van der Waals surface area contributed by atoms with Gasteiger partial charge >= 0.3 is 0 Å². The number of rotatable bonds is 4. The SMILES string of the molecule is c1cn[nH]c1.c1nsc(NSc2ccc3c(c2)OCCC3N2CCCCC2)n1. The minimum Gasteiger partial charge on any atom is -0.493 e. The highest BCUT2D eigenvalue weighted by molar-refractivity contribution is 8.00. The van der Waals surface area contributed by atoms with Gasteiger partial charge in [-0.15, -0.1) is 0 Å².